The highest BCUT2D eigenvalue weighted by molar-refractivity contribution is 5.88. The highest BCUT2D eigenvalue weighted by Gasteiger charge is 2.02. The number of hydrogen-bond donors (Lipinski definition) is 1. The molecule has 52 valence electrons. The van der Waals surface area contributed by atoms with E-state index in [1.807, 2.05) is 0 Å². The van der Waals surface area contributed by atoms with Crippen molar-refractivity contribution < 1.29 is 14.9 Å². The van der Waals surface area contributed by atoms with E-state index >= 15 is 0 Å². The molecule has 0 aliphatic rings. The molecule has 3 heteroatoms. The van der Waals surface area contributed by atoms with Gasteiger partial charge in [-0.15, -0.1) is 0 Å². The topological polar surface area (TPSA) is 46.5 Å². The summed E-state index contributed by atoms with van der Waals surface area (Å²) in [6.07, 6.45) is 0. The second kappa shape index (κ2) is 2.98. The molecule has 0 unspecified atom stereocenters. The van der Waals surface area contributed by atoms with Gasteiger partial charge in [0, 0.05) is 0 Å². The fourth-order valence-corrected chi connectivity index (χ4v) is 0.622. The van der Waals surface area contributed by atoms with Crippen LogP contribution >= 0.6 is 0 Å². The predicted molar refractivity (Wildman–Crippen MR) is 34.5 cm³/mol. The second-order valence-corrected chi connectivity index (χ2v) is 1.74. The lowest BCUT2D eigenvalue weighted by Gasteiger charge is -1.92. The third-order valence-corrected chi connectivity index (χ3v) is 1.09. The molecule has 0 bridgehead atoms. The fraction of sp³-hybridized carbons (Fsp3) is 0. The Bertz CT molecular complexity index is 235. The van der Waals surface area contributed by atoms with E-state index in [9.17, 15) is 4.79 Å². The molecule has 1 aromatic rings. The van der Waals surface area contributed by atoms with Crippen molar-refractivity contribution in [3.05, 3.63) is 35.9 Å². The first kappa shape index (κ1) is 5.44. The normalized spacial score (nSPS) is 10.2. The summed E-state index contributed by atoms with van der Waals surface area (Å²) in [5.41, 5.74) is 0.361. The zero-order chi connectivity index (χ0) is 8.10. The summed E-state index contributed by atoms with van der Waals surface area (Å²) in [5, 5.41) is 3.46. The van der Waals surface area contributed by atoms with Gasteiger partial charge in [-0.05, 0) is 12.1 Å². The Kier molecular flexibility index (Phi) is 1.62. The Morgan fingerprint density at radius 1 is 1.50 bits per heavy atom. The first-order chi connectivity index (χ1) is 5.34. The SMILES string of the molecule is [2H]OOC(=O)c1ccccc1. The van der Waals surface area contributed by atoms with Gasteiger partial charge in [0.15, 0.2) is 0 Å². The van der Waals surface area contributed by atoms with Gasteiger partial charge in [0.1, 0.15) is 0 Å². The maximum Gasteiger partial charge on any atom is 0.372 e. The molecule has 0 spiro atoms. The van der Waals surface area contributed by atoms with Crippen molar-refractivity contribution in [2.75, 3.05) is 0 Å². The summed E-state index contributed by atoms with van der Waals surface area (Å²) in [6.45, 7) is 0. The van der Waals surface area contributed by atoms with E-state index in [2.05, 4.69) is 10.1 Å². The number of carbonyl (C=O) groups excluding carboxylic acids is 1. The van der Waals surface area contributed by atoms with Crippen LogP contribution in [0, 0.1) is 0 Å². The molecule has 0 fully saturated rings. The summed E-state index contributed by atoms with van der Waals surface area (Å²) >= 11 is 0. The van der Waals surface area contributed by atoms with Crippen molar-refractivity contribution in [2.24, 2.45) is 0 Å². The molecule has 0 amide bonds. The molecule has 1 rings (SSSR count). The fourth-order valence-electron chi connectivity index (χ4n) is 0.622. The van der Waals surface area contributed by atoms with Crippen LogP contribution in [-0.4, -0.2) is 11.2 Å². The van der Waals surface area contributed by atoms with Crippen LogP contribution in [0.25, 0.3) is 1.43 Å². The Morgan fingerprint density at radius 3 is 2.80 bits per heavy atom. The Labute approximate surface area is 59.3 Å². The van der Waals surface area contributed by atoms with Gasteiger partial charge < -0.3 is 0 Å². The summed E-state index contributed by atoms with van der Waals surface area (Å²) in [7, 11) is 0. The van der Waals surface area contributed by atoms with Gasteiger partial charge in [0.2, 0.25) is 0 Å². The van der Waals surface area contributed by atoms with Crippen molar-refractivity contribution in [3.8, 4) is 0 Å². The van der Waals surface area contributed by atoms with Gasteiger partial charge in [0.25, 0.3) is 1.43 Å². The third kappa shape index (κ3) is 1.33. The van der Waals surface area contributed by atoms with Crippen LogP contribution in [0.15, 0.2) is 30.3 Å². The van der Waals surface area contributed by atoms with E-state index in [1.54, 1.807) is 30.3 Å². The molecule has 3 nitrogen and oxygen atoms in total. The molecule has 0 aromatic heterocycles. The summed E-state index contributed by atoms with van der Waals surface area (Å²) in [5.74, 6) is -0.666. The van der Waals surface area contributed by atoms with E-state index in [-0.39, 0.29) is 0 Å². The molecule has 0 aliphatic carbocycles. The molecular formula is C7H6O3. The standard InChI is InChI=1S/C7H6O3/c8-7(10-9)6-4-2-1-3-5-6/h1-5,9H/i/hD. The van der Waals surface area contributed by atoms with Gasteiger partial charge >= 0.3 is 5.97 Å². The molecular weight excluding hydrogens is 132 g/mol. The molecule has 0 atom stereocenters. The van der Waals surface area contributed by atoms with Crippen molar-refractivity contribution >= 4 is 5.97 Å². The van der Waals surface area contributed by atoms with Crippen LogP contribution in [0.5, 0.6) is 0 Å². The molecule has 1 aromatic carbocycles. The minimum Gasteiger partial charge on any atom is -0.296 e. The molecule has 0 saturated carbocycles. The minimum atomic E-state index is -0.666. The van der Waals surface area contributed by atoms with Gasteiger partial charge in [0.05, 0.1) is 5.56 Å². The number of rotatable bonds is 2. The van der Waals surface area contributed by atoms with Crippen LogP contribution in [0.1, 0.15) is 10.4 Å². The molecule has 1 N–H and O–H groups in total. The van der Waals surface area contributed by atoms with Crippen molar-refractivity contribution in [1.82, 2.24) is 0 Å². The van der Waals surface area contributed by atoms with Gasteiger partial charge in [-0.2, -0.15) is 5.26 Å². The van der Waals surface area contributed by atoms with Gasteiger partial charge in [-0.25, -0.2) is 4.79 Å². The third-order valence-electron chi connectivity index (χ3n) is 1.09. The van der Waals surface area contributed by atoms with E-state index in [4.69, 9.17) is 1.43 Å². The number of carbonyl (C=O) groups is 1. The predicted octanol–water partition coefficient (Wildman–Crippen LogP) is 1.32. The van der Waals surface area contributed by atoms with E-state index < -0.39 is 5.97 Å². The monoisotopic (exact) mass is 139 g/mol. The zero-order valence-corrected chi connectivity index (χ0v) is 5.11. The minimum absolute atomic E-state index is 0.361. The smallest absolute Gasteiger partial charge is 0.296 e. The number of benzene rings is 1. The highest BCUT2D eigenvalue weighted by Crippen LogP contribution is 1.98. The van der Waals surface area contributed by atoms with E-state index in [1.165, 1.54) is 0 Å². The Hall–Kier alpha value is -1.35. The lowest BCUT2D eigenvalue weighted by atomic mass is 10.2. The maximum atomic E-state index is 10.8. The lowest BCUT2D eigenvalue weighted by molar-refractivity contribution is -0.182. The quantitative estimate of drug-likeness (QED) is 0.496. The average molecular weight is 139 g/mol. The zero-order valence-electron chi connectivity index (χ0n) is 6.11. The summed E-state index contributed by atoms with van der Waals surface area (Å²) in [4.78, 5) is 14.7. The average Bonchev–Trinajstić information content (AvgIpc) is 2.07. The van der Waals surface area contributed by atoms with Crippen LogP contribution < -0.4 is 0 Å². The highest BCUT2D eigenvalue weighted by atomic mass is 17.1. The first-order valence-corrected chi connectivity index (χ1v) is 2.74. The van der Waals surface area contributed by atoms with Crippen LogP contribution in [0.3, 0.4) is 0 Å². The van der Waals surface area contributed by atoms with Gasteiger partial charge in [-0.1, -0.05) is 18.2 Å². The van der Waals surface area contributed by atoms with Gasteiger partial charge in [-0.3, -0.25) is 4.89 Å². The largest absolute Gasteiger partial charge is 0.372 e. The van der Waals surface area contributed by atoms with E-state index in [0.29, 0.717) is 5.56 Å². The number of hydrogen-bond acceptors (Lipinski definition) is 3. The maximum absolute atomic E-state index is 10.8. The molecule has 0 saturated heterocycles. The Balaban J connectivity index is 2.69. The molecule has 0 aliphatic heterocycles. The Morgan fingerprint density at radius 2 is 2.20 bits per heavy atom. The lowest BCUT2D eigenvalue weighted by Crippen LogP contribution is -2.00. The summed E-state index contributed by atoms with van der Waals surface area (Å²) in [6, 6.07) is 8.31. The molecule has 0 radical (unpaired) electrons. The van der Waals surface area contributed by atoms with Crippen LogP contribution in [0.4, 0.5) is 0 Å². The summed E-state index contributed by atoms with van der Waals surface area (Å²) < 4.78 is 6.14. The van der Waals surface area contributed by atoms with E-state index in [0.717, 1.165) is 0 Å². The van der Waals surface area contributed by atoms with Crippen molar-refractivity contribution in [2.45, 2.75) is 0 Å². The first-order valence-electron chi connectivity index (χ1n) is 3.14. The van der Waals surface area contributed by atoms with Crippen molar-refractivity contribution in [1.29, 1.82) is 1.43 Å². The molecule has 0 heterocycles. The molecule has 10 heavy (non-hydrogen) atoms. The second-order valence-electron chi connectivity index (χ2n) is 1.74. The van der Waals surface area contributed by atoms with Crippen LogP contribution in [0.2, 0.25) is 0 Å². The van der Waals surface area contributed by atoms with Crippen molar-refractivity contribution in [3.63, 3.8) is 0 Å². The van der Waals surface area contributed by atoms with Crippen LogP contribution in [-0.2, 0) is 4.89 Å².